The van der Waals surface area contributed by atoms with E-state index in [2.05, 4.69) is 16.0 Å². The van der Waals surface area contributed by atoms with E-state index < -0.39 is 6.04 Å². The van der Waals surface area contributed by atoms with Gasteiger partial charge in [-0.3, -0.25) is 14.9 Å². The zero-order chi connectivity index (χ0) is 13.0. The van der Waals surface area contributed by atoms with Crippen LogP contribution in [0.25, 0.3) is 0 Å². The highest BCUT2D eigenvalue weighted by Crippen LogP contribution is 2.03. The Morgan fingerprint density at radius 2 is 2.33 bits per heavy atom. The van der Waals surface area contributed by atoms with Gasteiger partial charge in [-0.1, -0.05) is 12.1 Å². The Balaban J connectivity index is 1.83. The topological polar surface area (TPSA) is 70.2 Å². The summed E-state index contributed by atoms with van der Waals surface area (Å²) in [5, 5.41) is 8.11. The molecule has 1 saturated heterocycles. The molecule has 18 heavy (non-hydrogen) atoms. The Hall–Kier alpha value is -1.95. The van der Waals surface area contributed by atoms with Crippen molar-refractivity contribution < 1.29 is 14.0 Å². The van der Waals surface area contributed by atoms with Crippen LogP contribution in [0, 0.1) is 5.82 Å². The van der Waals surface area contributed by atoms with E-state index in [1.54, 1.807) is 12.1 Å². The molecular weight excluding hydrogens is 237 g/mol. The van der Waals surface area contributed by atoms with Gasteiger partial charge in [0, 0.05) is 13.1 Å². The summed E-state index contributed by atoms with van der Waals surface area (Å²) in [5.74, 6) is -0.659. The first kappa shape index (κ1) is 12.5. The van der Waals surface area contributed by atoms with Crippen LogP contribution in [0.4, 0.5) is 4.39 Å². The SMILES string of the molecule is O=C1CNC(C(=O)NCc2cccc(F)c2)CN1. The quantitative estimate of drug-likeness (QED) is 0.680. The molecule has 1 aromatic carbocycles. The number of halogens is 1. The molecule has 0 bridgehead atoms. The molecule has 0 radical (unpaired) electrons. The van der Waals surface area contributed by atoms with Crippen LogP contribution in [0.5, 0.6) is 0 Å². The molecule has 96 valence electrons. The molecule has 1 heterocycles. The highest BCUT2D eigenvalue weighted by molar-refractivity contribution is 5.86. The standard InChI is InChI=1S/C12H14FN3O2/c13-9-3-1-2-8(4-9)5-16-12(18)10-6-15-11(17)7-14-10/h1-4,10,14H,5-7H2,(H,15,17)(H,16,18). The lowest BCUT2D eigenvalue weighted by Crippen LogP contribution is -2.57. The molecule has 1 atom stereocenters. The molecule has 1 aliphatic rings. The molecule has 0 aliphatic carbocycles. The van der Waals surface area contributed by atoms with Crippen molar-refractivity contribution in [3.63, 3.8) is 0 Å². The Bertz CT molecular complexity index is 454. The predicted molar refractivity (Wildman–Crippen MR) is 63.0 cm³/mol. The maximum absolute atomic E-state index is 12.9. The van der Waals surface area contributed by atoms with Crippen molar-refractivity contribution in [3.8, 4) is 0 Å². The summed E-state index contributed by atoms with van der Waals surface area (Å²) in [6.07, 6.45) is 0. The van der Waals surface area contributed by atoms with Crippen LogP contribution in [-0.4, -0.2) is 30.9 Å². The molecule has 2 rings (SSSR count). The van der Waals surface area contributed by atoms with Crippen molar-refractivity contribution in [2.45, 2.75) is 12.6 Å². The zero-order valence-corrected chi connectivity index (χ0v) is 9.70. The van der Waals surface area contributed by atoms with E-state index in [0.717, 1.165) is 0 Å². The summed E-state index contributed by atoms with van der Waals surface area (Å²) in [7, 11) is 0. The first-order valence-corrected chi connectivity index (χ1v) is 5.67. The summed E-state index contributed by atoms with van der Waals surface area (Å²) < 4.78 is 12.9. The molecule has 3 N–H and O–H groups in total. The van der Waals surface area contributed by atoms with Crippen molar-refractivity contribution in [1.82, 2.24) is 16.0 Å². The Labute approximate surface area is 104 Å². The van der Waals surface area contributed by atoms with Crippen molar-refractivity contribution in [3.05, 3.63) is 35.6 Å². The normalized spacial score (nSPS) is 19.2. The van der Waals surface area contributed by atoms with Crippen LogP contribution in [0.1, 0.15) is 5.56 Å². The average Bonchev–Trinajstić information content (AvgIpc) is 2.37. The number of hydrogen-bond acceptors (Lipinski definition) is 3. The number of rotatable bonds is 3. The van der Waals surface area contributed by atoms with Gasteiger partial charge in [-0.25, -0.2) is 4.39 Å². The van der Waals surface area contributed by atoms with Crippen LogP contribution in [0.3, 0.4) is 0 Å². The maximum Gasteiger partial charge on any atom is 0.239 e. The number of amides is 2. The number of carbonyl (C=O) groups is 2. The molecule has 0 saturated carbocycles. The first-order valence-electron chi connectivity index (χ1n) is 5.67. The van der Waals surface area contributed by atoms with E-state index >= 15 is 0 Å². The minimum absolute atomic E-state index is 0.121. The third-order valence-electron chi connectivity index (χ3n) is 2.68. The highest BCUT2D eigenvalue weighted by Gasteiger charge is 2.23. The minimum atomic E-state index is -0.434. The van der Waals surface area contributed by atoms with Gasteiger partial charge >= 0.3 is 0 Å². The Morgan fingerprint density at radius 1 is 1.50 bits per heavy atom. The summed E-state index contributed by atoms with van der Waals surface area (Å²) in [6, 6.07) is 5.62. The molecular formula is C12H14FN3O2. The van der Waals surface area contributed by atoms with Crippen LogP contribution >= 0.6 is 0 Å². The third kappa shape index (κ3) is 3.27. The summed E-state index contributed by atoms with van der Waals surface area (Å²) in [5.41, 5.74) is 0.697. The molecule has 1 fully saturated rings. The van der Waals surface area contributed by atoms with Gasteiger partial charge in [0.15, 0.2) is 0 Å². The number of piperazine rings is 1. The first-order chi connectivity index (χ1) is 8.65. The lowest BCUT2D eigenvalue weighted by atomic mass is 10.2. The molecule has 2 amide bonds. The second-order valence-electron chi connectivity index (χ2n) is 4.09. The predicted octanol–water partition coefficient (Wildman–Crippen LogP) is -0.470. The summed E-state index contributed by atoms with van der Waals surface area (Å²) >= 11 is 0. The number of nitrogens with one attached hydrogen (secondary N) is 3. The number of benzene rings is 1. The Morgan fingerprint density at radius 3 is 3.00 bits per heavy atom. The monoisotopic (exact) mass is 251 g/mol. The van der Waals surface area contributed by atoms with Gasteiger partial charge in [-0.2, -0.15) is 0 Å². The highest BCUT2D eigenvalue weighted by atomic mass is 19.1. The van der Waals surface area contributed by atoms with Gasteiger partial charge in [-0.15, -0.1) is 0 Å². The molecule has 0 aromatic heterocycles. The second-order valence-corrected chi connectivity index (χ2v) is 4.09. The van der Waals surface area contributed by atoms with Gasteiger partial charge in [0.2, 0.25) is 11.8 Å². The lowest BCUT2D eigenvalue weighted by molar-refractivity contribution is -0.126. The van der Waals surface area contributed by atoms with Crippen LogP contribution in [0.15, 0.2) is 24.3 Å². The average molecular weight is 251 g/mol. The summed E-state index contributed by atoms with van der Waals surface area (Å²) in [6.45, 7) is 0.675. The lowest BCUT2D eigenvalue weighted by Gasteiger charge is -2.23. The van der Waals surface area contributed by atoms with E-state index in [4.69, 9.17) is 0 Å². The molecule has 1 unspecified atom stereocenters. The van der Waals surface area contributed by atoms with Gasteiger partial charge < -0.3 is 10.6 Å². The third-order valence-corrected chi connectivity index (χ3v) is 2.68. The molecule has 0 spiro atoms. The van der Waals surface area contributed by atoms with E-state index in [1.165, 1.54) is 12.1 Å². The van der Waals surface area contributed by atoms with Crippen molar-refractivity contribution >= 4 is 11.8 Å². The number of carbonyl (C=O) groups excluding carboxylic acids is 2. The largest absolute Gasteiger partial charge is 0.353 e. The van der Waals surface area contributed by atoms with Crippen LogP contribution < -0.4 is 16.0 Å². The second kappa shape index (κ2) is 5.59. The van der Waals surface area contributed by atoms with Crippen LogP contribution in [-0.2, 0) is 16.1 Å². The van der Waals surface area contributed by atoms with E-state index in [0.29, 0.717) is 5.56 Å². The minimum Gasteiger partial charge on any atom is -0.353 e. The van der Waals surface area contributed by atoms with E-state index in [9.17, 15) is 14.0 Å². The van der Waals surface area contributed by atoms with Gasteiger partial charge in [-0.05, 0) is 17.7 Å². The fourth-order valence-corrected chi connectivity index (χ4v) is 1.71. The van der Waals surface area contributed by atoms with Gasteiger partial charge in [0.05, 0.1) is 6.54 Å². The molecule has 1 aliphatic heterocycles. The maximum atomic E-state index is 12.9. The zero-order valence-electron chi connectivity index (χ0n) is 9.70. The van der Waals surface area contributed by atoms with Crippen molar-refractivity contribution in [2.24, 2.45) is 0 Å². The van der Waals surface area contributed by atoms with Gasteiger partial charge in [0.1, 0.15) is 11.9 Å². The van der Waals surface area contributed by atoms with E-state index in [1.807, 2.05) is 0 Å². The van der Waals surface area contributed by atoms with Crippen molar-refractivity contribution in [2.75, 3.05) is 13.1 Å². The number of hydrogen-bond donors (Lipinski definition) is 3. The smallest absolute Gasteiger partial charge is 0.239 e. The molecule has 1 aromatic rings. The van der Waals surface area contributed by atoms with Crippen molar-refractivity contribution in [1.29, 1.82) is 0 Å². The summed E-state index contributed by atoms with van der Waals surface area (Å²) in [4.78, 5) is 22.6. The van der Waals surface area contributed by atoms with Gasteiger partial charge in [0.25, 0.3) is 0 Å². The Kier molecular flexibility index (Phi) is 3.88. The molecule has 5 nitrogen and oxygen atoms in total. The molecule has 6 heteroatoms. The van der Waals surface area contributed by atoms with Crippen LogP contribution in [0.2, 0.25) is 0 Å². The fourth-order valence-electron chi connectivity index (χ4n) is 1.71. The van der Waals surface area contributed by atoms with E-state index in [-0.39, 0.29) is 37.3 Å². The fraction of sp³-hybridized carbons (Fsp3) is 0.333.